The van der Waals surface area contributed by atoms with Gasteiger partial charge in [-0.05, 0) is 36.8 Å². The van der Waals surface area contributed by atoms with Crippen LogP contribution < -0.4 is 9.47 Å². The van der Waals surface area contributed by atoms with Crippen molar-refractivity contribution >= 4 is 11.0 Å². The molecule has 31 heavy (non-hydrogen) atoms. The van der Waals surface area contributed by atoms with Crippen molar-refractivity contribution in [3.05, 3.63) is 42.5 Å². The van der Waals surface area contributed by atoms with Gasteiger partial charge in [0.1, 0.15) is 5.82 Å². The van der Waals surface area contributed by atoms with E-state index in [2.05, 4.69) is 41.8 Å². The van der Waals surface area contributed by atoms with Crippen molar-refractivity contribution in [2.45, 2.75) is 77.7 Å². The van der Waals surface area contributed by atoms with E-state index in [4.69, 9.17) is 14.5 Å². The van der Waals surface area contributed by atoms with Crippen LogP contribution in [0.1, 0.15) is 71.1 Å². The highest BCUT2D eigenvalue weighted by Crippen LogP contribution is 2.33. The predicted molar refractivity (Wildman–Crippen MR) is 130 cm³/mol. The second-order valence-corrected chi connectivity index (χ2v) is 8.33. The number of ether oxygens (including phenoxy) is 2. The zero-order chi connectivity index (χ0) is 21.9. The molecule has 3 rings (SSSR count). The monoisotopic (exact) mass is 422 g/mol. The minimum Gasteiger partial charge on any atom is -0.493 e. The number of hydrogen-bond donors (Lipinski definition) is 0. The number of imidazole rings is 1. The maximum atomic E-state index is 5.52. The minimum absolute atomic E-state index is 0.734. The van der Waals surface area contributed by atoms with Gasteiger partial charge in [-0.25, -0.2) is 4.98 Å². The summed E-state index contributed by atoms with van der Waals surface area (Å²) in [7, 11) is 3.34. The highest BCUT2D eigenvalue weighted by atomic mass is 16.5. The Bertz CT molecular complexity index is 932. The van der Waals surface area contributed by atoms with E-state index < -0.39 is 0 Å². The molecule has 4 heteroatoms. The molecular formula is C27H38N2O2. The van der Waals surface area contributed by atoms with Crippen molar-refractivity contribution in [3.8, 4) is 22.9 Å². The van der Waals surface area contributed by atoms with Crippen molar-refractivity contribution < 1.29 is 9.47 Å². The lowest BCUT2D eigenvalue weighted by Gasteiger charge is -2.12. The molecule has 0 fully saturated rings. The molecule has 0 aliphatic carbocycles. The molecule has 0 N–H and O–H groups in total. The first-order chi connectivity index (χ1) is 15.3. The van der Waals surface area contributed by atoms with Crippen molar-refractivity contribution in [2.24, 2.45) is 0 Å². The molecule has 0 saturated heterocycles. The summed E-state index contributed by atoms with van der Waals surface area (Å²) in [5, 5.41) is 0. The summed E-state index contributed by atoms with van der Waals surface area (Å²) in [6, 6.07) is 14.5. The lowest BCUT2D eigenvalue weighted by Crippen LogP contribution is -2.01. The molecule has 0 bridgehead atoms. The number of aryl methyl sites for hydroxylation is 1. The van der Waals surface area contributed by atoms with Crippen LogP contribution in [0.15, 0.2) is 42.5 Å². The largest absolute Gasteiger partial charge is 0.493 e. The van der Waals surface area contributed by atoms with E-state index in [1.807, 2.05) is 12.1 Å². The average molecular weight is 423 g/mol. The van der Waals surface area contributed by atoms with E-state index >= 15 is 0 Å². The normalized spacial score (nSPS) is 11.2. The van der Waals surface area contributed by atoms with E-state index in [-0.39, 0.29) is 0 Å². The Morgan fingerprint density at radius 2 is 1.39 bits per heavy atom. The number of benzene rings is 2. The van der Waals surface area contributed by atoms with E-state index in [1.54, 1.807) is 14.2 Å². The molecule has 0 radical (unpaired) electrons. The summed E-state index contributed by atoms with van der Waals surface area (Å²) in [6.07, 6.45) is 13.4. The highest BCUT2D eigenvalue weighted by molar-refractivity contribution is 5.81. The lowest BCUT2D eigenvalue weighted by molar-refractivity contribution is 0.355. The third-order valence-corrected chi connectivity index (χ3v) is 6.03. The van der Waals surface area contributed by atoms with Crippen molar-refractivity contribution in [2.75, 3.05) is 14.2 Å². The van der Waals surface area contributed by atoms with Gasteiger partial charge in [0.25, 0.3) is 0 Å². The van der Waals surface area contributed by atoms with Crippen molar-refractivity contribution in [3.63, 3.8) is 0 Å². The van der Waals surface area contributed by atoms with Gasteiger partial charge in [0.15, 0.2) is 11.5 Å². The van der Waals surface area contributed by atoms with Gasteiger partial charge in [-0.3, -0.25) is 0 Å². The number of methoxy groups -OCH3 is 2. The average Bonchev–Trinajstić information content (AvgIpc) is 3.18. The van der Waals surface area contributed by atoms with Crippen LogP contribution in [0.2, 0.25) is 0 Å². The van der Waals surface area contributed by atoms with Crippen LogP contribution in [0.25, 0.3) is 22.4 Å². The summed E-state index contributed by atoms with van der Waals surface area (Å²) in [6.45, 7) is 3.26. The number of unbranched alkanes of at least 4 members (excludes halogenated alkanes) is 9. The van der Waals surface area contributed by atoms with E-state index in [1.165, 1.54) is 69.7 Å². The molecule has 3 aromatic rings. The molecule has 0 aliphatic heterocycles. The van der Waals surface area contributed by atoms with Crippen molar-refractivity contribution in [1.29, 1.82) is 0 Å². The maximum absolute atomic E-state index is 5.52. The maximum Gasteiger partial charge on any atom is 0.161 e. The van der Waals surface area contributed by atoms with Gasteiger partial charge in [0, 0.05) is 12.1 Å². The van der Waals surface area contributed by atoms with Crippen LogP contribution in [0.5, 0.6) is 11.5 Å². The van der Waals surface area contributed by atoms with E-state index in [0.29, 0.717) is 0 Å². The highest BCUT2D eigenvalue weighted by Gasteiger charge is 2.14. The number of fused-ring (bicyclic) bond motifs is 1. The third-order valence-electron chi connectivity index (χ3n) is 6.03. The Morgan fingerprint density at radius 3 is 2.06 bits per heavy atom. The summed E-state index contributed by atoms with van der Waals surface area (Å²) in [4.78, 5) is 4.94. The number of para-hydroxylation sites is 2. The number of hydrogen-bond acceptors (Lipinski definition) is 3. The molecule has 2 aromatic carbocycles. The number of nitrogens with zero attached hydrogens (tertiary/aromatic N) is 2. The standard InChI is InChI=1S/C27H38N2O2/c1-4-5-6-7-8-9-10-11-12-15-20-29-24-17-14-13-16-23(24)28-27(29)22-18-19-25(30-2)26(21-22)31-3/h13-14,16-19,21H,4-12,15,20H2,1-3H3. The molecule has 1 aromatic heterocycles. The Balaban J connectivity index is 1.63. The molecule has 0 saturated carbocycles. The molecule has 0 unspecified atom stereocenters. The molecule has 0 aliphatic rings. The third kappa shape index (κ3) is 6.25. The molecular weight excluding hydrogens is 384 g/mol. The Kier molecular flexibility index (Phi) is 9.26. The molecule has 0 spiro atoms. The van der Waals surface area contributed by atoms with Gasteiger partial charge in [0.05, 0.1) is 25.3 Å². The molecule has 1 heterocycles. The summed E-state index contributed by atoms with van der Waals surface area (Å²) >= 11 is 0. The summed E-state index contributed by atoms with van der Waals surface area (Å²) in [5.41, 5.74) is 3.29. The Morgan fingerprint density at radius 1 is 0.742 bits per heavy atom. The van der Waals surface area contributed by atoms with Gasteiger partial charge in [-0.15, -0.1) is 0 Å². The smallest absolute Gasteiger partial charge is 0.161 e. The lowest BCUT2D eigenvalue weighted by atomic mass is 10.1. The van der Waals surface area contributed by atoms with Crippen LogP contribution in [0.3, 0.4) is 0 Å². The minimum atomic E-state index is 0.734. The molecule has 168 valence electrons. The SMILES string of the molecule is CCCCCCCCCCCCn1c(-c2ccc(OC)c(OC)c2)nc2ccccc21. The predicted octanol–water partition coefficient (Wildman–Crippen LogP) is 7.64. The summed E-state index contributed by atoms with van der Waals surface area (Å²) < 4.78 is 13.3. The number of rotatable bonds is 14. The second-order valence-electron chi connectivity index (χ2n) is 8.33. The van der Waals surface area contributed by atoms with Crippen LogP contribution in [-0.4, -0.2) is 23.8 Å². The van der Waals surface area contributed by atoms with Crippen LogP contribution >= 0.6 is 0 Å². The van der Waals surface area contributed by atoms with Crippen molar-refractivity contribution in [1.82, 2.24) is 9.55 Å². The molecule has 4 nitrogen and oxygen atoms in total. The van der Waals surface area contributed by atoms with Gasteiger partial charge in [0.2, 0.25) is 0 Å². The van der Waals surface area contributed by atoms with Crippen LogP contribution in [0.4, 0.5) is 0 Å². The quantitative estimate of drug-likeness (QED) is 0.250. The zero-order valence-corrected chi connectivity index (χ0v) is 19.5. The fourth-order valence-electron chi connectivity index (χ4n) is 4.25. The van der Waals surface area contributed by atoms with Gasteiger partial charge in [-0.1, -0.05) is 76.8 Å². The van der Waals surface area contributed by atoms with Crippen LogP contribution in [-0.2, 0) is 6.54 Å². The fourth-order valence-corrected chi connectivity index (χ4v) is 4.25. The first kappa shape index (κ1) is 23.2. The molecule has 0 amide bonds. The van der Waals surface area contributed by atoms with Gasteiger partial charge >= 0.3 is 0 Å². The number of aromatic nitrogens is 2. The first-order valence-electron chi connectivity index (χ1n) is 12.0. The topological polar surface area (TPSA) is 36.3 Å². The first-order valence-corrected chi connectivity index (χ1v) is 12.0. The Labute approximate surface area is 187 Å². The van der Waals surface area contributed by atoms with Crippen LogP contribution in [0, 0.1) is 0 Å². The second kappa shape index (κ2) is 12.4. The fraction of sp³-hybridized carbons (Fsp3) is 0.519. The van der Waals surface area contributed by atoms with E-state index in [9.17, 15) is 0 Å². The zero-order valence-electron chi connectivity index (χ0n) is 19.5. The van der Waals surface area contributed by atoms with Gasteiger partial charge < -0.3 is 14.0 Å². The van der Waals surface area contributed by atoms with E-state index in [0.717, 1.165) is 34.9 Å². The van der Waals surface area contributed by atoms with Gasteiger partial charge in [-0.2, -0.15) is 0 Å². The molecule has 0 atom stereocenters. The Hall–Kier alpha value is -2.49. The summed E-state index contributed by atoms with van der Waals surface area (Å²) in [5.74, 6) is 2.47.